The standard InChI is InChI=1S/C17H18N4O3S/c1-10-6-7-15-14(8-10)16(21-20-15)17(22)19-11(2)12-4-3-5-13(9-12)25(18,23)24/h3-9,11H,1-2H3,(H,19,22)(H,20,21)(H2,18,23,24). The van der Waals surface area contributed by atoms with Crippen molar-refractivity contribution in [1.29, 1.82) is 0 Å². The van der Waals surface area contributed by atoms with E-state index in [2.05, 4.69) is 15.5 Å². The van der Waals surface area contributed by atoms with Crippen molar-refractivity contribution in [3.8, 4) is 0 Å². The molecule has 7 nitrogen and oxygen atoms in total. The number of sulfonamides is 1. The molecule has 1 aromatic heterocycles. The monoisotopic (exact) mass is 358 g/mol. The Kier molecular flexibility index (Phi) is 4.32. The average Bonchev–Trinajstić information content (AvgIpc) is 2.97. The quantitative estimate of drug-likeness (QED) is 0.661. The highest BCUT2D eigenvalue weighted by molar-refractivity contribution is 7.89. The number of benzene rings is 2. The summed E-state index contributed by atoms with van der Waals surface area (Å²) in [5.41, 5.74) is 2.74. The number of nitrogens with one attached hydrogen (secondary N) is 2. The minimum Gasteiger partial charge on any atom is -0.344 e. The summed E-state index contributed by atoms with van der Waals surface area (Å²) in [5.74, 6) is -0.342. The second-order valence-electron chi connectivity index (χ2n) is 5.93. The predicted octanol–water partition coefficient (Wildman–Crippen LogP) is 2.01. The van der Waals surface area contributed by atoms with Gasteiger partial charge in [-0.2, -0.15) is 5.10 Å². The normalized spacial score (nSPS) is 12.9. The van der Waals surface area contributed by atoms with E-state index in [1.165, 1.54) is 12.1 Å². The number of nitrogens with two attached hydrogens (primary N) is 1. The van der Waals surface area contributed by atoms with E-state index in [-0.39, 0.29) is 10.8 Å². The van der Waals surface area contributed by atoms with Crippen LogP contribution in [-0.4, -0.2) is 24.5 Å². The number of nitrogens with zero attached hydrogens (tertiary/aromatic N) is 1. The second kappa shape index (κ2) is 6.30. The molecule has 130 valence electrons. The molecule has 0 spiro atoms. The molecule has 0 aliphatic rings. The molecule has 1 amide bonds. The molecule has 2 aromatic carbocycles. The van der Waals surface area contributed by atoms with Crippen molar-refractivity contribution < 1.29 is 13.2 Å². The van der Waals surface area contributed by atoms with Crippen LogP contribution in [0, 0.1) is 6.92 Å². The van der Waals surface area contributed by atoms with Crippen LogP contribution in [0.25, 0.3) is 10.9 Å². The molecule has 0 saturated carbocycles. The number of hydrogen-bond donors (Lipinski definition) is 3. The molecule has 0 aliphatic heterocycles. The smallest absolute Gasteiger partial charge is 0.272 e. The Bertz CT molecular complexity index is 1060. The Morgan fingerprint density at radius 2 is 2.00 bits per heavy atom. The maximum Gasteiger partial charge on any atom is 0.272 e. The highest BCUT2D eigenvalue weighted by Crippen LogP contribution is 2.20. The number of hydrogen-bond acceptors (Lipinski definition) is 4. The molecule has 1 heterocycles. The highest BCUT2D eigenvalue weighted by atomic mass is 32.2. The molecule has 0 aliphatic carbocycles. The molecule has 0 bridgehead atoms. The average molecular weight is 358 g/mol. The summed E-state index contributed by atoms with van der Waals surface area (Å²) in [6.07, 6.45) is 0. The Labute approximate surface area is 145 Å². The number of H-pyrrole nitrogens is 1. The van der Waals surface area contributed by atoms with E-state index in [0.29, 0.717) is 11.3 Å². The van der Waals surface area contributed by atoms with E-state index >= 15 is 0 Å². The summed E-state index contributed by atoms with van der Waals surface area (Å²) in [5, 5.41) is 15.6. The topological polar surface area (TPSA) is 118 Å². The van der Waals surface area contributed by atoms with Crippen molar-refractivity contribution in [2.75, 3.05) is 0 Å². The molecule has 1 atom stereocenters. The lowest BCUT2D eigenvalue weighted by Gasteiger charge is -2.14. The second-order valence-corrected chi connectivity index (χ2v) is 7.50. The zero-order valence-electron chi connectivity index (χ0n) is 13.8. The zero-order chi connectivity index (χ0) is 18.2. The fourth-order valence-corrected chi connectivity index (χ4v) is 3.18. The first kappa shape index (κ1) is 17.1. The van der Waals surface area contributed by atoms with Gasteiger partial charge in [-0.25, -0.2) is 13.6 Å². The Morgan fingerprint density at radius 1 is 1.24 bits per heavy atom. The lowest BCUT2D eigenvalue weighted by Crippen LogP contribution is -2.27. The molecule has 0 saturated heterocycles. The third-order valence-corrected chi connectivity index (χ3v) is 4.88. The molecule has 4 N–H and O–H groups in total. The van der Waals surface area contributed by atoms with E-state index in [4.69, 9.17) is 5.14 Å². The minimum absolute atomic E-state index is 0.00643. The number of amides is 1. The van der Waals surface area contributed by atoms with Crippen molar-refractivity contribution in [1.82, 2.24) is 15.5 Å². The van der Waals surface area contributed by atoms with E-state index in [0.717, 1.165) is 16.5 Å². The number of fused-ring (bicyclic) bond motifs is 1. The number of primary sulfonamides is 1. The predicted molar refractivity (Wildman–Crippen MR) is 94.5 cm³/mol. The summed E-state index contributed by atoms with van der Waals surface area (Å²) in [6.45, 7) is 3.70. The van der Waals surface area contributed by atoms with Gasteiger partial charge in [0.25, 0.3) is 5.91 Å². The maximum absolute atomic E-state index is 12.6. The van der Waals surface area contributed by atoms with Gasteiger partial charge in [0, 0.05) is 5.39 Å². The largest absolute Gasteiger partial charge is 0.344 e. The summed E-state index contributed by atoms with van der Waals surface area (Å²) < 4.78 is 22.9. The van der Waals surface area contributed by atoms with Crippen molar-refractivity contribution in [2.24, 2.45) is 5.14 Å². The van der Waals surface area contributed by atoms with Gasteiger partial charge in [0.2, 0.25) is 10.0 Å². The molecule has 0 fully saturated rings. The highest BCUT2D eigenvalue weighted by Gasteiger charge is 2.18. The summed E-state index contributed by atoms with van der Waals surface area (Å²) >= 11 is 0. The van der Waals surface area contributed by atoms with Crippen molar-refractivity contribution in [3.63, 3.8) is 0 Å². The van der Waals surface area contributed by atoms with Crippen LogP contribution in [0.5, 0.6) is 0 Å². The van der Waals surface area contributed by atoms with Crippen molar-refractivity contribution in [2.45, 2.75) is 24.8 Å². The molecule has 3 aromatic rings. The van der Waals surface area contributed by atoms with Crippen LogP contribution in [0.15, 0.2) is 47.4 Å². The van der Waals surface area contributed by atoms with E-state index in [9.17, 15) is 13.2 Å². The van der Waals surface area contributed by atoms with Gasteiger partial charge < -0.3 is 5.32 Å². The fourth-order valence-electron chi connectivity index (χ4n) is 2.61. The summed E-state index contributed by atoms with van der Waals surface area (Å²) in [6, 6.07) is 11.5. The summed E-state index contributed by atoms with van der Waals surface area (Å²) in [7, 11) is -3.79. The lowest BCUT2D eigenvalue weighted by molar-refractivity contribution is 0.0936. The molecular formula is C17H18N4O3S. The van der Waals surface area contributed by atoms with Crippen LogP contribution in [0.3, 0.4) is 0 Å². The van der Waals surface area contributed by atoms with Gasteiger partial charge in [-0.3, -0.25) is 9.89 Å². The van der Waals surface area contributed by atoms with Crippen LogP contribution in [0.1, 0.15) is 34.6 Å². The van der Waals surface area contributed by atoms with Crippen molar-refractivity contribution >= 4 is 26.8 Å². The van der Waals surface area contributed by atoms with Gasteiger partial charge in [-0.15, -0.1) is 0 Å². The fraction of sp³-hybridized carbons (Fsp3) is 0.176. The number of carbonyl (C=O) groups excluding carboxylic acids is 1. The number of aromatic nitrogens is 2. The molecule has 0 radical (unpaired) electrons. The van der Waals surface area contributed by atoms with Crippen LogP contribution < -0.4 is 10.5 Å². The van der Waals surface area contributed by atoms with Crippen LogP contribution >= 0.6 is 0 Å². The Balaban J connectivity index is 1.86. The van der Waals surface area contributed by atoms with Crippen molar-refractivity contribution in [3.05, 3.63) is 59.3 Å². The summed E-state index contributed by atoms with van der Waals surface area (Å²) in [4.78, 5) is 12.6. The van der Waals surface area contributed by atoms with Gasteiger partial charge in [0.1, 0.15) is 0 Å². The molecule has 8 heteroatoms. The molecule has 3 rings (SSSR count). The van der Waals surface area contributed by atoms with Gasteiger partial charge >= 0.3 is 0 Å². The number of carbonyl (C=O) groups is 1. The molecular weight excluding hydrogens is 340 g/mol. The van der Waals surface area contributed by atoms with Gasteiger partial charge in [0.15, 0.2) is 5.69 Å². The van der Waals surface area contributed by atoms with Crippen LogP contribution in [-0.2, 0) is 10.0 Å². The third-order valence-electron chi connectivity index (χ3n) is 3.97. The van der Waals surface area contributed by atoms with E-state index < -0.39 is 16.1 Å². The first-order valence-corrected chi connectivity index (χ1v) is 9.18. The number of rotatable bonds is 4. The van der Waals surface area contributed by atoms with Gasteiger partial charge in [-0.1, -0.05) is 23.8 Å². The number of aromatic amines is 1. The van der Waals surface area contributed by atoms with E-state index in [1.54, 1.807) is 19.1 Å². The number of aryl methyl sites for hydroxylation is 1. The van der Waals surface area contributed by atoms with Crippen LogP contribution in [0.2, 0.25) is 0 Å². The molecule has 1 unspecified atom stereocenters. The lowest BCUT2D eigenvalue weighted by atomic mass is 10.1. The molecule has 25 heavy (non-hydrogen) atoms. The van der Waals surface area contributed by atoms with Gasteiger partial charge in [0.05, 0.1) is 16.5 Å². The first-order chi connectivity index (χ1) is 11.8. The maximum atomic E-state index is 12.6. The Hall–Kier alpha value is -2.71. The van der Waals surface area contributed by atoms with Crippen LogP contribution in [0.4, 0.5) is 0 Å². The SMILES string of the molecule is Cc1ccc2[nH]nc(C(=O)NC(C)c3cccc(S(N)(=O)=O)c3)c2c1. The van der Waals surface area contributed by atoms with E-state index in [1.807, 2.05) is 25.1 Å². The Morgan fingerprint density at radius 3 is 2.72 bits per heavy atom. The minimum atomic E-state index is -3.79. The third kappa shape index (κ3) is 3.54. The first-order valence-electron chi connectivity index (χ1n) is 7.64. The zero-order valence-corrected chi connectivity index (χ0v) is 14.6. The van der Waals surface area contributed by atoms with Gasteiger partial charge in [-0.05, 0) is 43.7 Å².